The summed E-state index contributed by atoms with van der Waals surface area (Å²) in [6, 6.07) is 11.1. The Kier molecular flexibility index (Phi) is 9.73. The Labute approximate surface area is 217 Å². The van der Waals surface area contributed by atoms with Crippen molar-refractivity contribution in [2.45, 2.75) is 64.1 Å². The summed E-state index contributed by atoms with van der Waals surface area (Å²) in [6.45, 7) is 1.31. The van der Waals surface area contributed by atoms with E-state index in [1.807, 2.05) is 6.92 Å². The SMILES string of the molecule is CC[C@@H](C(=O)NC1CCCCC1)N(Cc1ccccc1Cl)C(=O)CN(c1ccc(F)cc1)S(C)(=O)=O. The number of rotatable bonds is 10. The summed E-state index contributed by atoms with van der Waals surface area (Å²) in [7, 11) is -3.88. The Bertz CT molecular complexity index is 1150. The van der Waals surface area contributed by atoms with Crippen molar-refractivity contribution >= 4 is 39.1 Å². The lowest BCUT2D eigenvalue weighted by atomic mass is 9.95. The normalized spacial score (nSPS) is 15.2. The number of carbonyl (C=O) groups excluding carboxylic acids is 2. The lowest BCUT2D eigenvalue weighted by Gasteiger charge is -2.34. The molecule has 3 rings (SSSR count). The molecular formula is C26H33ClFN3O4S. The highest BCUT2D eigenvalue weighted by molar-refractivity contribution is 7.92. The maximum atomic E-state index is 13.7. The molecule has 7 nitrogen and oxygen atoms in total. The Balaban J connectivity index is 1.91. The van der Waals surface area contributed by atoms with Crippen LogP contribution < -0.4 is 9.62 Å². The lowest BCUT2D eigenvalue weighted by molar-refractivity contribution is -0.140. The van der Waals surface area contributed by atoms with Crippen LogP contribution in [-0.2, 0) is 26.2 Å². The molecule has 36 heavy (non-hydrogen) atoms. The van der Waals surface area contributed by atoms with Crippen LogP contribution in [0.5, 0.6) is 0 Å². The average Bonchev–Trinajstić information content (AvgIpc) is 2.84. The highest BCUT2D eigenvalue weighted by atomic mass is 35.5. The van der Waals surface area contributed by atoms with E-state index in [1.54, 1.807) is 24.3 Å². The molecule has 2 aromatic carbocycles. The molecule has 0 unspecified atom stereocenters. The van der Waals surface area contributed by atoms with Crippen molar-refractivity contribution < 1.29 is 22.4 Å². The summed E-state index contributed by atoms with van der Waals surface area (Å²) in [4.78, 5) is 28.4. The smallest absolute Gasteiger partial charge is 0.244 e. The molecule has 10 heteroatoms. The molecule has 2 amide bonds. The van der Waals surface area contributed by atoms with Crippen LogP contribution in [0.3, 0.4) is 0 Å². The summed E-state index contributed by atoms with van der Waals surface area (Å²) >= 11 is 6.36. The Morgan fingerprint density at radius 2 is 1.72 bits per heavy atom. The van der Waals surface area contributed by atoms with E-state index in [-0.39, 0.29) is 24.2 Å². The van der Waals surface area contributed by atoms with Gasteiger partial charge in [-0.05, 0) is 55.2 Å². The molecule has 0 heterocycles. The topological polar surface area (TPSA) is 86.8 Å². The largest absolute Gasteiger partial charge is 0.352 e. The van der Waals surface area contributed by atoms with Gasteiger partial charge in [0.15, 0.2) is 0 Å². The number of nitrogens with zero attached hydrogens (tertiary/aromatic N) is 2. The number of nitrogens with one attached hydrogen (secondary N) is 1. The van der Waals surface area contributed by atoms with Crippen molar-refractivity contribution in [2.24, 2.45) is 0 Å². The van der Waals surface area contributed by atoms with Gasteiger partial charge in [-0.2, -0.15) is 0 Å². The van der Waals surface area contributed by atoms with Crippen LogP contribution in [0.25, 0.3) is 0 Å². The fourth-order valence-corrected chi connectivity index (χ4v) is 5.54. The predicted octanol–water partition coefficient (Wildman–Crippen LogP) is 4.50. The van der Waals surface area contributed by atoms with Gasteiger partial charge in [-0.25, -0.2) is 12.8 Å². The molecule has 0 spiro atoms. The van der Waals surface area contributed by atoms with Gasteiger partial charge >= 0.3 is 0 Å². The fraction of sp³-hybridized carbons (Fsp3) is 0.462. The maximum absolute atomic E-state index is 13.7. The standard InChI is InChI=1S/C26H33ClFN3O4S/c1-3-24(26(33)29-21-10-5-4-6-11-21)30(17-19-9-7-8-12-23(19)27)25(32)18-31(36(2,34)35)22-15-13-20(28)14-16-22/h7-9,12-16,21,24H,3-6,10-11,17-18H2,1-2H3,(H,29,33)/t24-/m0/s1. The summed E-state index contributed by atoms with van der Waals surface area (Å²) in [6.07, 6.45) is 6.35. The Hall–Kier alpha value is -2.65. The molecule has 0 aromatic heterocycles. The fourth-order valence-electron chi connectivity index (χ4n) is 4.50. The van der Waals surface area contributed by atoms with Crippen molar-refractivity contribution in [3.63, 3.8) is 0 Å². The zero-order chi connectivity index (χ0) is 26.3. The number of sulfonamides is 1. The van der Waals surface area contributed by atoms with Gasteiger partial charge in [0.05, 0.1) is 11.9 Å². The van der Waals surface area contributed by atoms with Crippen LogP contribution in [0.4, 0.5) is 10.1 Å². The highest BCUT2D eigenvalue weighted by Crippen LogP contribution is 2.23. The van der Waals surface area contributed by atoms with Gasteiger partial charge in [0.25, 0.3) is 0 Å². The zero-order valence-corrected chi connectivity index (χ0v) is 22.2. The van der Waals surface area contributed by atoms with Crippen molar-refractivity contribution in [3.05, 3.63) is 64.9 Å². The van der Waals surface area contributed by atoms with Gasteiger partial charge in [0.2, 0.25) is 21.8 Å². The molecule has 0 saturated heterocycles. The summed E-state index contributed by atoms with van der Waals surface area (Å²) in [5.74, 6) is -1.35. The molecule has 196 valence electrons. The minimum Gasteiger partial charge on any atom is -0.352 e. The highest BCUT2D eigenvalue weighted by Gasteiger charge is 2.33. The number of amides is 2. The van der Waals surface area contributed by atoms with Crippen molar-refractivity contribution in [2.75, 3.05) is 17.1 Å². The minimum atomic E-state index is -3.88. The molecule has 2 aromatic rings. The lowest BCUT2D eigenvalue weighted by Crippen LogP contribution is -2.54. The molecule has 1 aliphatic rings. The van der Waals surface area contributed by atoms with Crippen LogP contribution in [0.1, 0.15) is 51.0 Å². The number of hydrogen-bond acceptors (Lipinski definition) is 4. The number of benzene rings is 2. The second kappa shape index (κ2) is 12.5. The Morgan fingerprint density at radius 3 is 2.31 bits per heavy atom. The molecule has 1 fully saturated rings. The first-order chi connectivity index (χ1) is 17.1. The van der Waals surface area contributed by atoms with E-state index < -0.39 is 34.3 Å². The third-order valence-electron chi connectivity index (χ3n) is 6.43. The monoisotopic (exact) mass is 537 g/mol. The molecule has 0 bridgehead atoms. The van der Waals surface area contributed by atoms with Gasteiger partial charge in [-0.3, -0.25) is 13.9 Å². The van der Waals surface area contributed by atoms with E-state index in [4.69, 9.17) is 11.6 Å². The number of hydrogen-bond donors (Lipinski definition) is 1. The van der Waals surface area contributed by atoms with Gasteiger partial charge < -0.3 is 10.2 Å². The van der Waals surface area contributed by atoms with Gasteiger partial charge in [-0.1, -0.05) is 56.0 Å². The van der Waals surface area contributed by atoms with Gasteiger partial charge in [0.1, 0.15) is 18.4 Å². The van der Waals surface area contributed by atoms with E-state index in [9.17, 15) is 22.4 Å². The third kappa shape index (κ3) is 7.43. The van der Waals surface area contributed by atoms with Crippen molar-refractivity contribution in [1.29, 1.82) is 0 Å². The van der Waals surface area contributed by atoms with Crippen molar-refractivity contribution in [3.8, 4) is 0 Å². The third-order valence-corrected chi connectivity index (χ3v) is 7.94. The second-order valence-electron chi connectivity index (χ2n) is 9.13. The quantitative estimate of drug-likeness (QED) is 0.483. The molecule has 1 saturated carbocycles. The van der Waals surface area contributed by atoms with E-state index in [0.29, 0.717) is 17.0 Å². The number of halogens is 2. The molecule has 1 atom stereocenters. The summed E-state index contributed by atoms with van der Waals surface area (Å²) in [5, 5.41) is 3.53. The van der Waals surface area contributed by atoms with Gasteiger partial charge in [-0.15, -0.1) is 0 Å². The first-order valence-corrected chi connectivity index (χ1v) is 14.4. The van der Waals surface area contributed by atoms with E-state index in [1.165, 1.54) is 17.0 Å². The summed E-state index contributed by atoms with van der Waals surface area (Å²) < 4.78 is 39.5. The van der Waals surface area contributed by atoms with Crippen LogP contribution in [0, 0.1) is 5.82 Å². The second-order valence-corrected chi connectivity index (χ2v) is 11.4. The molecule has 0 aliphatic heterocycles. The van der Waals surface area contributed by atoms with Crippen LogP contribution >= 0.6 is 11.6 Å². The van der Waals surface area contributed by atoms with Crippen LogP contribution in [0.2, 0.25) is 5.02 Å². The van der Waals surface area contributed by atoms with Crippen LogP contribution in [0.15, 0.2) is 48.5 Å². The van der Waals surface area contributed by atoms with E-state index in [0.717, 1.165) is 54.8 Å². The maximum Gasteiger partial charge on any atom is 0.244 e. The molecule has 1 N–H and O–H groups in total. The minimum absolute atomic E-state index is 0.0378. The van der Waals surface area contributed by atoms with E-state index >= 15 is 0 Å². The van der Waals surface area contributed by atoms with E-state index in [2.05, 4.69) is 5.32 Å². The first kappa shape index (κ1) is 27.9. The van der Waals surface area contributed by atoms with Gasteiger partial charge in [0, 0.05) is 17.6 Å². The summed E-state index contributed by atoms with van der Waals surface area (Å²) in [5.41, 5.74) is 0.800. The average molecular weight is 538 g/mol. The number of anilines is 1. The van der Waals surface area contributed by atoms with Crippen LogP contribution in [-0.4, -0.2) is 50.0 Å². The first-order valence-electron chi connectivity index (χ1n) is 12.2. The number of carbonyl (C=O) groups is 2. The molecule has 0 radical (unpaired) electrons. The Morgan fingerprint density at radius 1 is 1.08 bits per heavy atom. The molecular weight excluding hydrogens is 505 g/mol. The molecule has 1 aliphatic carbocycles. The van der Waals surface area contributed by atoms with Crippen molar-refractivity contribution in [1.82, 2.24) is 10.2 Å². The predicted molar refractivity (Wildman–Crippen MR) is 140 cm³/mol. The zero-order valence-electron chi connectivity index (χ0n) is 20.6.